The van der Waals surface area contributed by atoms with Crippen LogP contribution in [0.2, 0.25) is 0 Å². The standard InChI is InChI=1S/C92H103B2N3O2S/c1-85(2,3)56-35-39-65(40-36-56)98-67-50-76-83-77(51-67)97(64-44-58(87(7,8)9)43-59(45-64)88(10,11)12)75-48-60(89(13,14)15)46-69(91(19,20)21)81(75)93(83)71-54-72-74(55-73(71)95(76)62-31-27-25-28-32-62)96(63-33-29-26-30-34-63)78-52-68(99-66-41-37-57(38-42-66)86(4,5)6)53-80-84(78)94(72)82-70(92(22,23)24)47-61(90(16,17)18)49-79(82)100-80/h25-55H,1-24H3. The molecule has 510 valence electrons. The predicted octanol–water partition coefficient (Wildman–Crippen LogP) is 22.5. The fourth-order valence-corrected chi connectivity index (χ4v) is 16.8. The Balaban J connectivity index is 1.14. The van der Waals surface area contributed by atoms with Crippen LogP contribution in [0.15, 0.2) is 198 Å². The number of hydrogen-bond acceptors (Lipinski definition) is 6. The minimum Gasteiger partial charge on any atom is -0.457 e. The molecule has 8 heteroatoms. The van der Waals surface area contributed by atoms with Crippen LogP contribution >= 0.6 is 11.8 Å². The van der Waals surface area contributed by atoms with Crippen LogP contribution < -0.4 is 57.0 Å². The van der Waals surface area contributed by atoms with Gasteiger partial charge >= 0.3 is 0 Å². The highest BCUT2D eigenvalue weighted by Crippen LogP contribution is 2.53. The summed E-state index contributed by atoms with van der Waals surface area (Å²) in [5.41, 5.74) is 27.4. The molecule has 0 saturated carbocycles. The van der Waals surface area contributed by atoms with Crippen molar-refractivity contribution in [2.45, 2.75) is 219 Å². The lowest BCUT2D eigenvalue weighted by atomic mass is 9.29. The van der Waals surface area contributed by atoms with Crippen LogP contribution in [0.4, 0.5) is 51.2 Å². The molecule has 0 aromatic heterocycles. The molecule has 4 heterocycles. The number of benzene rings is 10. The van der Waals surface area contributed by atoms with Crippen LogP contribution in [0.3, 0.4) is 0 Å². The minimum absolute atomic E-state index is 0.00406. The average Bonchev–Trinajstić information content (AvgIpc) is 0.682. The Labute approximate surface area is 604 Å². The van der Waals surface area contributed by atoms with E-state index in [1.54, 1.807) is 0 Å². The molecule has 4 aliphatic rings. The van der Waals surface area contributed by atoms with Gasteiger partial charge in [0, 0.05) is 79.2 Å². The lowest BCUT2D eigenvalue weighted by Gasteiger charge is -2.48. The van der Waals surface area contributed by atoms with E-state index in [9.17, 15) is 0 Å². The lowest BCUT2D eigenvalue weighted by molar-refractivity contribution is 0.480. The van der Waals surface area contributed by atoms with E-state index in [0.29, 0.717) is 0 Å². The number of para-hydroxylation sites is 2. The van der Waals surface area contributed by atoms with Crippen molar-refractivity contribution in [3.05, 3.63) is 233 Å². The highest BCUT2D eigenvalue weighted by Gasteiger charge is 2.51. The second-order valence-electron chi connectivity index (χ2n) is 37.3. The summed E-state index contributed by atoms with van der Waals surface area (Å²) in [6.07, 6.45) is 0. The molecule has 0 spiro atoms. The van der Waals surface area contributed by atoms with Crippen LogP contribution in [-0.2, 0) is 43.3 Å². The molecule has 10 aromatic rings. The van der Waals surface area contributed by atoms with Crippen molar-refractivity contribution >= 4 is 109 Å². The van der Waals surface area contributed by atoms with Gasteiger partial charge in [-0.1, -0.05) is 268 Å². The molecule has 5 nitrogen and oxygen atoms in total. The second kappa shape index (κ2) is 23.6. The molecular weight excluding hydrogens is 1230 g/mol. The summed E-state index contributed by atoms with van der Waals surface area (Å²) in [7, 11) is 0. The number of hydrogen-bond donors (Lipinski definition) is 0. The normalized spacial score (nSPS) is 14.5. The van der Waals surface area contributed by atoms with Crippen LogP contribution in [0.25, 0.3) is 0 Å². The van der Waals surface area contributed by atoms with Gasteiger partial charge in [-0.15, -0.1) is 0 Å². The third kappa shape index (κ3) is 12.3. The first-order chi connectivity index (χ1) is 46.6. The predicted molar refractivity (Wildman–Crippen MR) is 433 cm³/mol. The first kappa shape index (κ1) is 68.8. The molecule has 4 aliphatic heterocycles. The minimum atomic E-state index is -0.288. The van der Waals surface area contributed by atoms with E-state index in [-0.39, 0.29) is 56.7 Å². The molecule has 10 aromatic carbocycles. The molecule has 0 atom stereocenters. The van der Waals surface area contributed by atoms with E-state index in [1.165, 1.54) is 92.8 Å². The summed E-state index contributed by atoms with van der Waals surface area (Å²) in [4.78, 5) is 10.3. The summed E-state index contributed by atoms with van der Waals surface area (Å²) in [6, 6.07) is 72.2. The molecule has 0 fully saturated rings. The Kier molecular flexibility index (Phi) is 16.3. The Bertz CT molecular complexity index is 4850. The Hall–Kier alpha value is -8.32. The number of nitrogens with zero attached hydrogens (tertiary/aromatic N) is 3. The topological polar surface area (TPSA) is 28.2 Å². The molecule has 0 bridgehead atoms. The van der Waals surface area contributed by atoms with Crippen molar-refractivity contribution in [1.82, 2.24) is 0 Å². The average molecular weight is 1340 g/mol. The number of fused-ring (bicyclic) bond motifs is 8. The van der Waals surface area contributed by atoms with Crippen LogP contribution in [-0.4, -0.2) is 13.4 Å². The van der Waals surface area contributed by atoms with Crippen LogP contribution in [0, 0.1) is 0 Å². The van der Waals surface area contributed by atoms with Crippen molar-refractivity contribution in [1.29, 1.82) is 0 Å². The molecule has 0 amide bonds. The molecule has 100 heavy (non-hydrogen) atoms. The van der Waals surface area contributed by atoms with E-state index in [4.69, 9.17) is 9.47 Å². The van der Waals surface area contributed by atoms with Crippen molar-refractivity contribution < 1.29 is 9.47 Å². The summed E-state index contributed by atoms with van der Waals surface area (Å²) in [6.45, 7) is 56.3. The number of anilines is 9. The third-order valence-corrected chi connectivity index (χ3v) is 22.4. The van der Waals surface area contributed by atoms with Crippen molar-refractivity contribution in [3.8, 4) is 23.0 Å². The zero-order valence-electron chi connectivity index (χ0n) is 64.1. The second-order valence-corrected chi connectivity index (χ2v) is 38.3. The quantitative estimate of drug-likeness (QED) is 0.148. The van der Waals surface area contributed by atoms with Gasteiger partial charge in [0.05, 0.1) is 0 Å². The molecular formula is C92H103B2N3O2S. The van der Waals surface area contributed by atoms with Gasteiger partial charge in [-0.25, -0.2) is 0 Å². The number of rotatable bonds is 7. The van der Waals surface area contributed by atoms with Crippen molar-refractivity contribution in [3.63, 3.8) is 0 Å². The van der Waals surface area contributed by atoms with Crippen molar-refractivity contribution in [2.75, 3.05) is 14.7 Å². The monoisotopic (exact) mass is 1340 g/mol. The van der Waals surface area contributed by atoms with Gasteiger partial charge in [0.15, 0.2) is 0 Å². The van der Waals surface area contributed by atoms with E-state index in [0.717, 1.165) is 68.5 Å². The summed E-state index contributed by atoms with van der Waals surface area (Å²) < 4.78 is 14.6. The molecule has 0 N–H and O–H groups in total. The molecule has 14 rings (SSSR count). The van der Waals surface area contributed by atoms with E-state index >= 15 is 0 Å². The van der Waals surface area contributed by atoms with Gasteiger partial charge in [-0.2, -0.15) is 0 Å². The third-order valence-electron chi connectivity index (χ3n) is 21.3. The SMILES string of the molecule is CC(C)(C)c1ccc(Oc2cc3c4c(c2)N(c2ccccc2)c2cc5c(cc2B4c2c(cc(C(C)(C)C)cc2C(C)(C)C)S3)B2c3c(cc(Oc4ccc(C(C)(C)C)cc4)cc3N(c3cc(C(C)(C)C)cc(C(C)(C)C)c3)c3cc(C(C)(C)C)cc(C(C)(C)C)c32)N5c2ccccc2)cc1. The molecule has 0 radical (unpaired) electrons. The summed E-state index contributed by atoms with van der Waals surface area (Å²) in [5.74, 6) is 3.18. The Morgan fingerprint density at radius 2 is 0.600 bits per heavy atom. The molecule has 0 aliphatic carbocycles. The maximum atomic E-state index is 7.42. The molecule has 0 unspecified atom stereocenters. The Morgan fingerprint density at radius 1 is 0.250 bits per heavy atom. The lowest BCUT2D eigenvalue weighted by Crippen LogP contribution is -2.66. The fourth-order valence-electron chi connectivity index (χ4n) is 15.6. The summed E-state index contributed by atoms with van der Waals surface area (Å²) >= 11 is 1.92. The van der Waals surface area contributed by atoms with E-state index in [1.807, 2.05) is 11.8 Å². The molecule has 0 saturated heterocycles. The first-order valence-electron chi connectivity index (χ1n) is 36.4. The largest absolute Gasteiger partial charge is 0.457 e. The van der Waals surface area contributed by atoms with E-state index in [2.05, 4.69) is 369 Å². The van der Waals surface area contributed by atoms with Crippen molar-refractivity contribution in [2.24, 2.45) is 0 Å². The van der Waals surface area contributed by atoms with Gasteiger partial charge in [0.25, 0.3) is 6.71 Å². The van der Waals surface area contributed by atoms with Gasteiger partial charge in [0.2, 0.25) is 6.71 Å². The Morgan fingerprint density at radius 3 is 1.02 bits per heavy atom. The van der Waals surface area contributed by atoms with Gasteiger partial charge in [-0.3, -0.25) is 0 Å². The summed E-state index contributed by atoms with van der Waals surface area (Å²) in [5, 5.41) is 0. The van der Waals surface area contributed by atoms with Gasteiger partial charge < -0.3 is 24.2 Å². The maximum absolute atomic E-state index is 7.42. The first-order valence-corrected chi connectivity index (χ1v) is 37.3. The van der Waals surface area contributed by atoms with Crippen LogP contribution in [0.5, 0.6) is 23.0 Å². The highest BCUT2D eigenvalue weighted by molar-refractivity contribution is 8.00. The smallest absolute Gasteiger partial charge is 0.252 e. The van der Waals surface area contributed by atoms with Gasteiger partial charge in [0.1, 0.15) is 23.0 Å². The van der Waals surface area contributed by atoms with E-state index < -0.39 is 0 Å². The fraction of sp³-hybridized carbons (Fsp3) is 0.348. The van der Waals surface area contributed by atoms with Gasteiger partial charge in [-0.05, 0) is 200 Å². The zero-order chi connectivity index (χ0) is 71.7. The number of ether oxygens (including phenoxy) is 2. The highest BCUT2D eigenvalue weighted by atomic mass is 32.2. The maximum Gasteiger partial charge on any atom is 0.252 e. The zero-order valence-corrected chi connectivity index (χ0v) is 64.9. The van der Waals surface area contributed by atoms with Crippen LogP contribution in [0.1, 0.15) is 211 Å².